The molecule has 0 aromatic carbocycles. The average molecular weight is 541 g/mol. The maximum absolute atomic E-state index is 16.1. The predicted molar refractivity (Wildman–Crippen MR) is 143 cm³/mol. The molecule has 3 aliphatic carbocycles. The number of nitrogens with zero attached hydrogens (tertiary/aromatic N) is 3. The molecule has 5 fully saturated rings. The molecule has 3 N–H and O–H groups in total. The van der Waals surface area contributed by atoms with Crippen molar-refractivity contribution in [2.24, 2.45) is 23.5 Å². The summed E-state index contributed by atoms with van der Waals surface area (Å²) in [6.07, 6.45) is 9.52. The summed E-state index contributed by atoms with van der Waals surface area (Å²) in [5.41, 5.74) is 7.61. The van der Waals surface area contributed by atoms with Crippen LogP contribution in [0.25, 0.3) is 0 Å². The summed E-state index contributed by atoms with van der Waals surface area (Å²) in [5, 5.41) is 9.91. The van der Waals surface area contributed by atoms with Crippen molar-refractivity contribution in [1.82, 2.24) is 14.4 Å². The Morgan fingerprint density at radius 1 is 1.15 bits per heavy atom. The highest BCUT2D eigenvalue weighted by Crippen LogP contribution is 2.51. The molecule has 39 heavy (non-hydrogen) atoms. The maximum atomic E-state index is 16.1. The minimum Gasteiger partial charge on any atom is -0.390 e. The number of halogens is 1. The summed E-state index contributed by atoms with van der Waals surface area (Å²) in [7, 11) is 0. The van der Waals surface area contributed by atoms with Gasteiger partial charge in [-0.2, -0.15) is 0 Å². The quantitative estimate of drug-likeness (QED) is 0.569. The third-order valence-corrected chi connectivity index (χ3v) is 10.9. The van der Waals surface area contributed by atoms with E-state index in [1.165, 1.54) is 30.3 Å². The highest BCUT2D eigenvalue weighted by molar-refractivity contribution is 6.21. The van der Waals surface area contributed by atoms with E-state index in [-0.39, 0.29) is 48.6 Å². The Morgan fingerprint density at radius 2 is 1.92 bits per heavy atom. The number of carbonyl (C=O) groups excluding carboxylic acids is 2. The normalized spacial score (nSPS) is 42.0. The van der Waals surface area contributed by atoms with Crippen LogP contribution in [0.15, 0.2) is 24.0 Å². The second kappa shape index (κ2) is 9.79. The molecule has 1 aromatic rings. The molecule has 1 aromatic heterocycles. The molecule has 0 bridgehead atoms. The molecular weight excluding hydrogens is 499 g/mol. The first-order valence-electron chi connectivity index (χ1n) is 15.0. The lowest BCUT2D eigenvalue weighted by atomic mass is 9.64. The molecule has 4 heterocycles. The number of carbonyl (C=O) groups is 2. The number of hydrogen-bond donors (Lipinski definition) is 2. The Hall–Kier alpha value is -2.07. The topological polar surface area (TPSA) is 101 Å². The zero-order chi connectivity index (χ0) is 27.0. The smallest absolute Gasteiger partial charge is 0.267 e. The molecule has 7 rings (SSSR count). The summed E-state index contributed by atoms with van der Waals surface area (Å²) >= 11 is 0. The van der Waals surface area contributed by atoms with Gasteiger partial charge in [-0.05, 0) is 56.1 Å². The molecule has 3 saturated carbocycles. The van der Waals surface area contributed by atoms with Gasteiger partial charge < -0.3 is 20.5 Å². The van der Waals surface area contributed by atoms with Gasteiger partial charge in [-0.1, -0.05) is 25.7 Å². The van der Waals surface area contributed by atoms with Crippen LogP contribution in [-0.4, -0.2) is 86.8 Å². The summed E-state index contributed by atoms with van der Waals surface area (Å²) in [6.45, 7) is 2.93. The van der Waals surface area contributed by atoms with E-state index < -0.39 is 30.1 Å². The fourth-order valence-electron chi connectivity index (χ4n) is 9.03. The first kappa shape index (κ1) is 25.9. The molecule has 10 atom stereocenters. The van der Waals surface area contributed by atoms with Crippen LogP contribution >= 0.6 is 0 Å². The fraction of sp³-hybridized carbons (Fsp3) is 0.733. The lowest BCUT2D eigenvalue weighted by Gasteiger charge is -2.61. The average Bonchev–Trinajstić information content (AvgIpc) is 3.53. The lowest BCUT2D eigenvalue weighted by Crippen LogP contribution is -2.73. The number of aromatic nitrogens is 1. The molecule has 0 amide bonds. The van der Waals surface area contributed by atoms with E-state index in [9.17, 15) is 14.7 Å². The zero-order valence-electron chi connectivity index (χ0n) is 22.8. The summed E-state index contributed by atoms with van der Waals surface area (Å²) < 4.78 is 24.4. The van der Waals surface area contributed by atoms with Gasteiger partial charge in [0.2, 0.25) is 0 Å². The van der Waals surface area contributed by atoms with Gasteiger partial charge in [-0.25, -0.2) is 4.39 Å². The van der Waals surface area contributed by atoms with Crippen molar-refractivity contribution in [3.05, 3.63) is 35.3 Å². The third-order valence-electron chi connectivity index (χ3n) is 10.9. The van der Waals surface area contributed by atoms with Gasteiger partial charge in [0.05, 0.1) is 48.2 Å². The van der Waals surface area contributed by atoms with Crippen LogP contribution in [-0.2, 0) is 16.1 Å². The molecule has 9 heteroatoms. The molecule has 212 valence electrons. The van der Waals surface area contributed by atoms with Crippen LogP contribution in [0.4, 0.5) is 4.39 Å². The minimum atomic E-state index is -1.23. The fourth-order valence-corrected chi connectivity index (χ4v) is 9.03. The van der Waals surface area contributed by atoms with Crippen LogP contribution in [0.1, 0.15) is 67.4 Å². The van der Waals surface area contributed by atoms with Crippen LogP contribution in [0.2, 0.25) is 0 Å². The first-order valence-corrected chi connectivity index (χ1v) is 15.0. The molecule has 2 saturated heterocycles. The Kier molecular flexibility index (Phi) is 6.49. The van der Waals surface area contributed by atoms with Gasteiger partial charge in [-0.15, -0.1) is 0 Å². The van der Waals surface area contributed by atoms with E-state index in [0.29, 0.717) is 24.1 Å². The zero-order valence-corrected chi connectivity index (χ0v) is 22.8. The molecule has 3 aliphatic heterocycles. The molecular formula is C30H41FN4O4. The van der Waals surface area contributed by atoms with E-state index in [1.807, 2.05) is 6.92 Å². The van der Waals surface area contributed by atoms with Gasteiger partial charge in [0, 0.05) is 37.4 Å². The van der Waals surface area contributed by atoms with Crippen LogP contribution in [0.5, 0.6) is 0 Å². The number of morpholine rings is 1. The van der Waals surface area contributed by atoms with Crippen molar-refractivity contribution in [3.8, 4) is 0 Å². The number of rotatable bonds is 3. The Labute approximate surface area is 229 Å². The van der Waals surface area contributed by atoms with E-state index in [1.54, 1.807) is 18.5 Å². The number of nitrogens with two attached hydrogens (primary N) is 1. The second-order valence-corrected chi connectivity index (χ2v) is 13.0. The molecule has 8 nitrogen and oxygen atoms in total. The van der Waals surface area contributed by atoms with Crippen molar-refractivity contribution in [2.45, 2.75) is 107 Å². The first-order chi connectivity index (χ1) is 18.9. The summed E-state index contributed by atoms with van der Waals surface area (Å²) in [6, 6.07) is 1.16. The number of Topliss-reactive ketones (excluding diaryl/α,β-unsaturated/α-hetero) is 1. The SMILES string of the molecule is Cc1ccn(C(=O)C2=CN3C4CC5CCCCC5CC4OC4C(N5CCC(N)C5)C(F)CC(C2=O)C43)c1CO. The number of aliphatic hydroxyl groups is 1. The highest BCUT2D eigenvalue weighted by Gasteiger charge is 2.61. The third kappa shape index (κ3) is 4.06. The Balaban J connectivity index is 1.30. The second-order valence-electron chi connectivity index (χ2n) is 13.0. The molecule has 0 radical (unpaired) electrons. The van der Waals surface area contributed by atoms with Gasteiger partial charge in [0.1, 0.15) is 6.17 Å². The van der Waals surface area contributed by atoms with Gasteiger partial charge in [0.15, 0.2) is 5.78 Å². The summed E-state index contributed by atoms with van der Waals surface area (Å²) in [5.74, 6) is -0.122. The van der Waals surface area contributed by atoms with Crippen molar-refractivity contribution < 1.29 is 23.8 Å². The number of aryl methyl sites for hydroxylation is 1. The van der Waals surface area contributed by atoms with E-state index in [0.717, 1.165) is 31.4 Å². The molecule has 0 spiro atoms. The maximum Gasteiger partial charge on any atom is 0.267 e. The van der Waals surface area contributed by atoms with Crippen molar-refractivity contribution in [2.75, 3.05) is 13.1 Å². The van der Waals surface area contributed by atoms with Crippen molar-refractivity contribution in [1.29, 1.82) is 0 Å². The van der Waals surface area contributed by atoms with E-state index in [4.69, 9.17) is 10.5 Å². The Morgan fingerprint density at radius 3 is 2.64 bits per heavy atom. The van der Waals surface area contributed by atoms with Crippen LogP contribution < -0.4 is 5.73 Å². The number of likely N-dealkylation sites (tertiary alicyclic amines) is 1. The van der Waals surface area contributed by atoms with E-state index in [2.05, 4.69) is 9.80 Å². The van der Waals surface area contributed by atoms with Gasteiger partial charge >= 0.3 is 0 Å². The number of ketones is 1. The number of fused-ring (bicyclic) bond motifs is 3. The summed E-state index contributed by atoms with van der Waals surface area (Å²) in [4.78, 5) is 32.2. The number of alkyl halides is 1. The Bertz CT molecular complexity index is 1180. The van der Waals surface area contributed by atoms with Crippen LogP contribution in [0, 0.1) is 24.7 Å². The standard InChI is InChI=1S/C30H41FN4O4/c1-16-6-9-34(24(16)15-36)30(38)21-14-35-23-10-17-4-2-3-5-18(17)11-25(23)39-29-26(35)20(28(21)37)12-22(31)27(29)33-8-7-19(32)13-33/h6,9,14,17-20,22-23,25-27,29,36H,2-5,7-8,10-13,15,32H2,1H3. The van der Waals surface area contributed by atoms with Crippen molar-refractivity contribution in [3.63, 3.8) is 0 Å². The van der Waals surface area contributed by atoms with Crippen molar-refractivity contribution >= 4 is 11.7 Å². The minimum absolute atomic E-state index is 0.0305. The van der Waals surface area contributed by atoms with E-state index >= 15 is 4.39 Å². The lowest BCUT2D eigenvalue weighted by molar-refractivity contribution is -0.219. The number of aliphatic hydroxyl groups excluding tert-OH is 1. The van der Waals surface area contributed by atoms with Crippen LogP contribution in [0.3, 0.4) is 0 Å². The number of hydrogen-bond acceptors (Lipinski definition) is 7. The van der Waals surface area contributed by atoms with Gasteiger partial charge in [-0.3, -0.25) is 19.1 Å². The predicted octanol–water partition coefficient (Wildman–Crippen LogP) is 2.56. The molecule has 6 aliphatic rings. The van der Waals surface area contributed by atoms with Gasteiger partial charge in [0.25, 0.3) is 5.91 Å². The molecule has 10 unspecified atom stereocenters. The number of ether oxygens (including phenoxy) is 1. The largest absolute Gasteiger partial charge is 0.390 e. The highest BCUT2D eigenvalue weighted by atomic mass is 19.1. The number of allylic oxidation sites excluding steroid dienone is 1. The monoisotopic (exact) mass is 540 g/mol.